The molecule has 0 saturated heterocycles. The van der Waals surface area contributed by atoms with E-state index in [9.17, 15) is 9.59 Å². The van der Waals surface area contributed by atoms with Crippen molar-refractivity contribution < 1.29 is 17.0 Å². The molecule has 0 radical (unpaired) electrons. The first kappa shape index (κ1) is 13.2. The molecule has 2 rings (SSSR count). The van der Waals surface area contributed by atoms with Crippen molar-refractivity contribution in [3.05, 3.63) is 62.7 Å². The lowest BCUT2D eigenvalue weighted by atomic mass is 10.3. The monoisotopic (exact) mass is 253 g/mol. The van der Waals surface area contributed by atoms with E-state index in [4.69, 9.17) is 0 Å². The minimum atomic E-state index is -0.475. The Balaban J connectivity index is 0.00000144. The van der Waals surface area contributed by atoms with Crippen molar-refractivity contribution in [3.63, 3.8) is 0 Å². The maximum Gasteiger partial charge on any atom is 0.326 e. The van der Waals surface area contributed by atoms with E-state index in [1.807, 2.05) is 35.9 Å². The van der Waals surface area contributed by atoms with Crippen LogP contribution in [0.2, 0.25) is 0 Å². The maximum atomic E-state index is 11.1. The van der Waals surface area contributed by atoms with Crippen LogP contribution in [0.25, 0.3) is 0 Å². The van der Waals surface area contributed by atoms with Crippen LogP contribution in [-0.4, -0.2) is 9.97 Å². The molecule has 0 unspecified atom stereocenters. The largest absolute Gasteiger partial charge is 1.00 e. The van der Waals surface area contributed by atoms with Crippen LogP contribution in [0.4, 0.5) is 0 Å². The summed E-state index contributed by atoms with van der Waals surface area (Å²) in [5.41, 5.74) is 0.793. The quantitative estimate of drug-likeness (QED) is 0.551. The summed E-state index contributed by atoms with van der Waals surface area (Å²) < 4.78 is 1.95. The number of halogens is 1. The molecule has 2 N–H and O–H groups in total. The molecule has 6 heteroatoms. The van der Waals surface area contributed by atoms with Gasteiger partial charge in [0, 0.05) is 25.1 Å². The normalized spacial score (nSPS) is 9.71. The van der Waals surface area contributed by atoms with Crippen molar-refractivity contribution in [1.29, 1.82) is 0 Å². The molecule has 0 fully saturated rings. The molecule has 0 aromatic carbocycles. The zero-order valence-electron chi connectivity index (χ0n) is 9.24. The minimum absolute atomic E-state index is 0. The van der Waals surface area contributed by atoms with E-state index < -0.39 is 5.69 Å². The van der Waals surface area contributed by atoms with Gasteiger partial charge in [-0.15, -0.1) is 0 Å². The average Bonchev–Trinajstić information content (AvgIpc) is 2.20. The van der Waals surface area contributed by atoms with Crippen LogP contribution in [-0.2, 0) is 6.54 Å². The molecular weight excluding hydrogens is 242 g/mol. The van der Waals surface area contributed by atoms with Crippen molar-refractivity contribution >= 4 is 0 Å². The Kier molecular flexibility index (Phi) is 4.23. The van der Waals surface area contributed by atoms with E-state index in [1.54, 1.807) is 0 Å². The van der Waals surface area contributed by atoms with Gasteiger partial charge in [-0.05, 0) is 0 Å². The second-order valence-corrected chi connectivity index (χ2v) is 3.58. The Labute approximate surface area is 104 Å². The molecule has 0 amide bonds. The summed E-state index contributed by atoms with van der Waals surface area (Å²) in [6.07, 6.45) is 1.90. The van der Waals surface area contributed by atoms with Gasteiger partial charge in [0.05, 0.1) is 5.69 Å². The van der Waals surface area contributed by atoms with E-state index >= 15 is 0 Å². The van der Waals surface area contributed by atoms with Crippen molar-refractivity contribution in [2.24, 2.45) is 0 Å². The Morgan fingerprint density at radius 1 is 1.24 bits per heavy atom. The van der Waals surface area contributed by atoms with Crippen molar-refractivity contribution in [3.8, 4) is 0 Å². The molecule has 2 aromatic heterocycles. The number of H-pyrrole nitrogens is 2. The summed E-state index contributed by atoms with van der Waals surface area (Å²) in [6, 6.07) is 7.19. The van der Waals surface area contributed by atoms with E-state index in [2.05, 4.69) is 9.97 Å². The lowest BCUT2D eigenvalue weighted by molar-refractivity contribution is -0.694. The third-order valence-electron chi connectivity index (χ3n) is 2.32. The highest BCUT2D eigenvalue weighted by Gasteiger charge is 2.07. The molecule has 90 valence electrons. The van der Waals surface area contributed by atoms with E-state index in [-0.39, 0.29) is 18.0 Å². The summed E-state index contributed by atoms with van der Waals surface area (Å²) >= 11 is 0. The van der Waals surface area contributed by atoms with E-state index in [0.29, 0.717) is 12.2 Å². The molecule has 0 aliphatic heterocycles. The molecule has 2 aromatic rings. The van der Waals surface area contributed by atoms with Crippen molar-refractivity contribution in [1.82, 2.24) is 9.97 Å². The number of nitrogens with zero attached hydrogens (tertiary/aromatic N) is 1. The standard InChI is InChI=1S/C11H11N3O2.ClH/c1-8-4-2-3-5-14(8)7-9-6-10(15)13-11(16)12-9;/h2-6H,7H2,1H3,(H-,12,13,15,16);1H. The first-order valence-electron chi connectivity index (χ1n) is 4.93. The van der Waals surface area contributed by atoms with Crippen LogP contribution >= 0.6 is 0 Å². The van der Waals surface area contributed by atoms with Gasteiger partial charge in [0.2, 0.25) is 0 Å². The first-order valence-corrected chi connectivity index (χ1v) is 4.93. The van der Waals surface area contributed by atoms with Crippen LogP contribution in [0.3, 0.4) is 0 Å². The summed E-state index contributed by atoms with van der Waals surface area (Å²) in [4.78, 5) is 26.9. The maximum absolute atomic E-state index is 11.1. The van der Waals surface area contributed by atoms with Crippen molar-refractivity contribution in [2.75, 3.05) is 0 Å². The number of aromatic nitrogens is 3. The fourth-order valence-corrected chi connectivity index (χ4v) is 1.53. The topological polar surface area (TPSA) is 69.6 Å². The SMILES string of the molecule is Cc1cccc[n+]1Cc1cc(=O)[nH]c(=O)[nH]1.[Cl-]. The number of nitrogens with one attached hydrogen (secondary N) is 2. The molecule has 0 atom stereocenters. The smallest absolute Gasteiger partial charge is 0.326 e. The molecule has 5 nitrogen and oxygen atoms in total. The lowest BCUT2D eigenvalue weighted by Crippen LogP contribution is -3.00. The van der Waals surface area contributed by atoms with Crippen LogP contribution < -0.4 is 28.2 Å². The van der Waals surface area contributed by atoms with Crippen molar-refractivity contribution in [2.45, 2.75) is 13.5 Å². The number of pyridine rings is 1. The number of hydrogen-bond donors (Lipinski definition) is 2. The number of rotatable bonds is 2. The summed E-state index contributed by atoms with van der Waals surface area (Å²) in [6.45, 7) is 2.44. The highest BCUT2D eigenvalue weighted by atomic mass is 35.5. The molecule has 0 aliphatic carbocycles. The molecule has 0 aliphatic rings. The number of aryl methyl sites for hydroxylation is 1. The van der Waals surface area contributed by atoms with Crippen LogP contribution in [0.5, 0.6) is 0 Å². The van der Waals surface area contributed by atoms with E-state index in [1.165, 1.54) is 6.07 Å². The van der Waals surface area contributed by atoms with Gasteiger partial charge in [-0.3, -0.25) is 9.78 Å². The average molecular weight is 254 g/mol. The highest BCUT2D eigenvalue weighted by Crippen LogP contribution is 1.91. The Bertz CT molecular complexity index is 590. The Morgan fingerprint density at radius 3 is 2.65 bits per heavy atom. The van der Waals surface area contributed by atoms with Crippen LogP contribution in [0.1, 0.15) is 11.4 Å². The predicted molar refractivity (Wildman–Crippen MR) is 58.2 cm³/mol. The second-order valence-electron chi connectivity index (χ2n) is 3.58. The zero-order valence-corrected chi connectivity index (χ0v) is 9.99. The molecule has 2 heterocycles. The van der Waals surface area contributed by atoms with Gasteiger partial charge in [0.25, 0.3) is 5.56 Å². The van der Waals surface area contributed by atoms with Crippen LogP contribution in [0.15, 0.2) is 40.1 Å². The molecule has 0 saturated carbocycles. The first-order chi connectivity index (χ1) is 7.65. The van der Waals surface area contributed by atoms with E-state index in [0.717, 1.165) is 5.69 Å². The molecule has 17 heavy (non-hydrogen) atoms. The fourth-order valence-electron chi connectivity index (χ4n) is 1.53. The summed E-state index contributed by atoms with van der Waals surface area (Å²) in [5.74, 6) is 0. The Morgan fingerprint density at radius 2 is 2.00 bits per heavy atom. The van der Waals surface area contributed by atoms with Gasteiger partial charge in [0.15, 0.2) is 18.4 Å². The zero-order chi connectivity index (χ0) is 11.5. The molecule has 0 spiro atoms. The second kappa shape index (κ2) is 5.45. The highest BCUT2D eigenvalue weighted by molar-refractivity contribution is 4.98. The van der Waals surface area contributed by atoms with Gasteiger partial charge >= 0.3 is 5.69 Å². The van der Waals surface area contributed by atoms with Gasteiger partial charge < -0.3 is 17.4 Å². The summed E-state index contributed by atoms with van der Waals surface area (Å²) in [7, 11) is 0. The minimum Gasteiger partial charge on any atom is -1.00 e. The predicted octanol–water partition coefficient (Wildman–Crippen LogP) is -3.29. The van der Waals surface area contributed by atoms with Crippen LogP contribution in [0, 0.1) is 6.92 Å². The fraction of sp³-hybridized carbons (Fsp3) is 0.182. The molecule has 0 bridgehead atoms. The Hall–Kier alpha value is -1.88. The lowest BCUT2D eigenvalue weighted by Gasteiger charge is -1.99. The van der Waals surface area contributed by atoms with Gasteiger partial charge in [-0.1, -0.05) is 6.07 Å². The summed E-state index contributed by atoms with van der Waals surface area (Å²) in [5, 5.41) is 0. The molecular formula is C11H12ClN3O2. The third-order valence-corrected chi connectivity index (χ3v) is 2.32. The van der Waals surface area contributed by atoms with Gasteiger partial charge in [-0.2, -0.15) is 4.57 Å². The van der Waals surface area contributed by atoms with Gasteiger partial charge in [-0.25, -0.2) is 4.79 Å². The van der Waals surface area contributed by atoms with Gasteiger partial charge in [0.1, 0.15) is 0 Å². The third kappa shape index (κ3) is 3.29. The number of aromatic amines is 2. The number of hydrogen-bond acceptors (Lipinski definition) is 2.